The Morgan fingerprint density at radius 3 is 2.18 bits per heavy atom. The molecule has 2 rings (SSSR count). The lowest BCUT2D eigenvalue weighted by Gasteiger charge is -2.17. The first-order chi connectivity index (χ1) is 10.5. The summed E-state index contributed by atoms with van der Waals surface area (Å²) in [6.07, 6.45) is 0.874. The van der Waals surface area contributed by atoms with Gasteiger partial charge in [-0.1, -0.05) is 6.92 Å². The van der Waals surface area contributed by atoms with Crippen molar-refractivity contribution < 1.29 is 19.0 Å². The largest absolute Gasteiger partial charge is 0.493 e. The Bertz CT molecular complexity index is 584. The molecule has 1 N–H and O–H groups in total. The van der Waals surface area contributed by atoms with Crippen LogP contribution in [0.4, 0.5) is 0 Å². The molecule has 1 fully saturated rings. The topological polar surface area (TPSA) is 80.6 Å². The number of nitrogens with one attached hydrogen (secondary N) is 1. The van der Waals surface area contributed by atoms with Gasteiger partial charge in [0.25, 0.3) is 0 Å². The average Bonchev–Trinajstić information content (AvgIpc) is 3.27. The van der Waals surface area contributed by atoms with E-state index >= 15 is 0 Å². The summed E-state index contributed by atoms with van der Waals surface area (Å²) >= 11 is 0. The molecular weight excluding hydrogens is 284 g/mol. The zero-order valence-electron chi connectivity index (χ0n) is 13.2. The molecule has 118 valence electrons. The van der Waals surface area contributed by atoms with Crippen molar-refractivity contribution in [1.82, 2.24) is 5.32 Å². The zero-order valence-corrected chi connectivity index (χ0v) is 13.2. The summed E-state index contributed by atoms with van der Waals surface area (Å²) in [5.41, 5.74) is 0.596. The standard InChI is InChI=1S/C16H20N2O4/c1-9-5-11(9)16(19)18-12(8-17)10-6-13(20-2)15(22-4)14(7-10)21-3/h6-7,9,11-12H,5H2,1-4H3,(H,18,19)/t9-,11+,12-/m0/s1. The van der Waals surface area contributed by atoms with Gasteiger partial charge in [-0.3, -0.25) is 4.79 Å². The minimum absolute atomic E-state index is 0.0119. The summed E-state index contributed by atoms with van der Waals surface area (Å²) in [6.45, 7) is 2.02. The van der Waals surface area contributed by atoms with E-state index in [2.05, 4.69) is 11.4 Å². The molecule has 6 heteroatoms. The number of hydrogen-bond acceptors (Lipinski definition) is 5. The Labute approximate surface area is 130 Å². The molecule has 3 atom stereocenters. The van der Waals surface area contributed by atoms with Gasteiger partial charge < -0.3 is 19.5 Å². The van der Waals surface area contributed by atoms with Crippen LogP contribution in [0.15, 0.2) is 12.1 Å². The summed E-state index contributed by atoms with van der Waals surface area (Å²) in [4.78, 5) is 12.0. The first kappa shape index (κ1) is 16.0. The van der Waals surface area contributed by atoms with E-state index < -0.39 is 6.04 Å². The summed E-state index contributed by atoms with van der Waals surface area (Å²) in [6, 6.07) is 4.69. The van der Waals surface area contributed by atoms with Crippen molar-refractivity contribution in [3.05, 3.63) is 17.7 Å². The zero-order chi connectivity index (χ0) is 16.3. The summed E-state index contributed by atoms with van der Waals surface area (Å²) < 4.78 is 15.8. The molecule has 1 aromatic carbocycles. The number of rotatable bonds is 6. The maximum absolute atomic E-state index is 12.0. The maximum Gasteiger partial charge on any atom is 0.224 e. The molecule has 1 aromatic rings. The molecule has 1 aliphatic carbocycles. The number of carbonyl (C=O) groups is 1. The minimum Gasteiger partial charge on any atom is -0.493 e. The van der Waals surface area contributed by atoms with Gasteiger partial charge in [-0.15, -0.1) is 0 Å². The van der Waals surface area contributed by atoms with Gasteiger partial charge in [0.1, 0.15) is 6.04 Å². The predicted molar refractivity (Wildman–Crippen MR) is 79.9 cm³/mol. The molecule has 0 aromatic heterocycles. The van der Waals surface area contributed by atoms with E-state index in [4.69, 9.17) is 14.2 Å². The van der Waals surface area contributed by atoms with Crippen molar-refractivity contribution in [2.45, 2.75) is 19.4 Å². The van der Waals surface area contributed by atoms with Gasteiger partial charge in [0.15, 0.2) is 11.5 Å². The number of methoxy groups -OCH3 is 3. The number of ether oxygens (including phenoxy) is 3. The highest BCUT2D eigenvalue weighted by Gasteiger charge is 2.40. The molecule has 0 aliphatic heterocycles. The van der Waals surface area contributed by atoms with Crippen LogP contribution in [0.1, 0.15) is 24.9 Å². The molecule has 1 amide bonds. The Balaban J connectivity index is 2.28. The van der Waals surface area contributed by atoms with Crippen molar-refractivity contribution in [2.75, 3.05) is 21.3 Å². The first-order valence-corrected chi connectivity index (χ1v) is 7.05. The number of nitriles is 1. The van der Waals surface area contributed by atoms with Gasteiger partial charge in [-0.2, -0.15) is 5.26 Å². The Kier molecular flexibility index (Phi) is 4.76. The second-order valence-corrected chi connectivity index (χ2v) is 5.35. The Hall–Kier alpha value is -2.42. The molecule has 1 saturated carbocycles. The third-order valence-corrected chi connectivity index (χ3v) is 3.88. The normalized spacial score (nSPS) is 20.5. The second-order valence-electron chi connectivity index (χ2n) is 5.35. The van der Waals surface area contributed by atoms with Gasteiger partial charge in [0.05, 0.1) is 27.4 Å². The molecule has 0 bridgehead atoms. The van der Waals surface area contributed by atoms with Crippen LogP contribution in [-0.2, 0) is 4.79 Å². The quantitative estimate of drug-likeness (QED) is 0.870. The van der Waals surface area contributed by atoms with Crippen LogP contribution in [0.25, 0.3) is 0 Å². The number of benzene rings is 1. The Morgan fingerprint density at radius 2 is 1.82 bits per heavy atom. The average molecular weight is 304 g/mol. The molecule has 22 heavy (non-hydrogen) atoms. The van der Waals surface area contributed by atoms with E-state index in [0.717, 1.165) is 6.42 Å². The molecule has 0 unspecified atom stereocenters. The van der Waals surface area contributed by atoms with Crippen molar-refractivity contribution >= 4 is 5.91 Å². The highest BCUT2D eigenvalue weighted by atomic mass is 16.5. The van der Waals surface area contributed by atoms with E-state index in [1.165, 1.54) is 21.3 Å². The van der Waals surface area contributed by atoms with Gasteiger partial charge in [-0.05, 0) is 30.0 Å². The van der Waals surface area contributed by atoms with Crippen LogP contribution in [-0.4, -0.2) is 27.2 Å². The highest BCUT2D eigenvalue weighted by molar-refractivity contribution is 5.82. The summed E-state index contributed by atoms with van der Waals surface area (Å²) in [5, 5.41) is 12.1. The van der Waals surface area contributed by atoms with Crippen LogP contribution in [0, 0.1) is 23.2 Å². The lowest BCUT2D eigenvalue weighted by Crippen LogP contribution is -2.29. The van der Waals surface area contributed by atoms with Crippen LogP contribution in [0.2, 0.25) is 0 Å². The third kappa shape index (κ3) is 3.08. The lowest BCUT2D eigenvalue weighted by molar-refractivity contribution is -0.123. The smallest absolute Gasteiger partial charge is 0.224 e. The minimum atomic E-state index is -0.756. The fourth-order valence-electron chi connectivity index (χ4n) is 2.39. The third-order valence-electron chi connectivity index (χ3n) is 3.88. The molecular formula is C16H20N2O4. The second kappa shape index (κ2) is 6.56. The number of nitrogens with zero attached hydrogens (tertiary/aromatic N) is 1. The SMILES string of the molecule is COc1cc([C@H](C#N)NC(=O)[C@@H]2C[C@@H]2C)cc(OC)c1OC. The van der Waals surface area contributed by atoms with Crippen LogP contribution < -0.4 is 19.5 Å². The molecule has 0 heterocycles. The van der Waals surface area contributed by atoms with Crippen molar-refractivity contribution in [3.8, 4) is 23.3 Å². The van der Waals surface area contributed by atoms with E-state index in [9.17, 15) is 10.1 Å². The number of carbonyl (C=O) groups excluding carboxylic acids is 1. The van der Waals surface area contributed by atoms with E-state index in [-0.39, 0.29) is 11.8 Å². The maximum atomic E-state index is 12.0. The lowest BCUT2D eigenvalue weighted by atomic mass is 10.1. The molecule has 0 saturated heterocycles. The van der Waals surface area contributed by atoms with Crippen molar-refractivity contribution in [1.29, 1.82) is 5.26 Å². The summed E-state index contributed by atoms with van der Waals surface area (Å²) in [5.74, 6) is 1.66. The van der Waals surface area contributed by atoms with E-state index in [0.29, 0.717) is 28.7 Å². The van der Waals surface area contributed by atoms with Crippen molar-refractivity contribution in [2.24, 2.45) is 11.8 Å². The molecule has 1 aliphatic rings. The van der Waals surface area contributed by atoms with Crippen LogP contribution in [0.3, 0.4) is 0 Å². The molecule has 0 spiro atoms. The summed E-state index contributed by atoms with van der Waals surface area (Å²) in [7, 11) is 4.53. The monoisotopic (exact) mass is 304 g/mol. The van der Waals surface area contributed by atoms with Gasteiger partial charge in [0, 0.05) is 5.92 Å². The van der Waals surface area contributed by atoms with Crippen molar-refractivity contribution in [3.63, 3.8) is 0 Å². The van der Waals surface area contributed by atoms with Gasteiger partial charge in [0.2, 0.25) is 11.7 Å². The number of amides is 1. The number of hydrogen-bond donors (Lipinski definition) is 1. The first-order valence-electron chi connectivity index (χ1n) is 7.05. The molecule has 6 nitrogen and oxygen atoms in total. The fraction of sp³-hybridized carbons (Fsp3) is 0.500. The Morgan fingerprint density at radius 1 is 1.27 bits per heavy atom. The van der Waals surface area contributed by atoms with E-state index in [1.807, 2.05) is 6.92 Å². The van der Waals surface area contributed by atoms with Crippen LogP contribution in [0.5, 0.6) is 17.2 Å². The predicted octanol–water partition coefficient (Wildman–Crippen LogP) is 2.05. The van der Waals surface area contributed by atoms with Gasteiger partial charge >= 0.3 is 0 Å². The fourth-order valence-corrected chi connectivity index (χ4v) is 2.39. The highest BCUT2D eigenvalue weighted by Crippen LogP contribution is 2.41. The molecule has 0 radical (unpaired) electrons. The van der Waals surface area contributed by atoms with Crippen LogP contribution >= 0.6 is 0 Å². The van der Waals surface area contributed by atoms with E-state index in [1.54, 1.807) is 12.1 Å². The van der Waals surface area contributed by atoms with Gasteiger partial charge in [-0.25, -0.2) is 0 Å².